The quantitative estimate of drug-likeness (QED) is 0.0971. The highest BCUT2D eigenvalue weighted by Crippen LogP contribution is 2.54. The molecule has 0 bridgehead atoms. The number of hydrogen-bond acceptors (Lipinski definition) is 5. The van der Waals surface area contributed by atoms with E-state index in [4.69, 9.17) is 4.98 Å². The topological polar surface area (TPSA) is 105 Å². The second kappa shape index (κ2) is 10.5. The zero-order valence-corrected chi connectivity index (χ0v) is 29.8. The number of fused-ring (bicyclic) bond motifs is 9. The summed E-state index contributed by atoms with van der Waals surface area (Å²) in [5.74, 6) is 0.389. The van der Waals surface area contributed by atoms with Gasteiger partial charge in [-0.15, -0.1) is 0 Å². The number of imidazole rings is 2. The van der Waals surface area contributed by atoms with Crippen LogP contribution in [0.4, 0.5) is 0 Å². The second-order valence-corrected chi connectivity index (χ2v) is 14.0. The van der Waals surface area contributed by atoms with Crippen molar-refractivity contribution in [2.45, 2.75) is 51.3 Å². The summed E-state index contributed by atoms with van der Waals surface area (Å²) >= 11 is 0. The van der Waals surface area contributed by atoms with Crippen LogP contribution in [0.2, 0.25) is 0 Å². The maximum atomic E-state index is 14.5. The molecule has 51 heavy (non-hydrogen) atoms. The first-order valence-electron chi connectivity index (χ1n) is 17.6. The van der Waals surface area contributed by atoms with Gasteiger partial charge in [0.2, 0.25) is 9.84 Å². The Kier molecular flexibility index (Phi) is 6.42. The highest BCUT2D eigenvalue weighted by molar-refractivity contribution is 7.92. The molecule has 12 rings (SSSR count). The van der Waals surface area contributed by atoms with Crippen molar-refractivity contribution in [3.05, 3.63) is 101 Å². The third-order valence-corrected chi connectivity index (χ3v) is 12.0. The van der Waals surface area contributed by atoms with E-state index in [9.17, 15) is 18.0 Å². The number of para-hydroxylation sites is 4. The Bertz CT molecular complexity index is 3320. The number of carbonyl (C=O) groups excluding carboxylic acids is 1. The Labute approximate surface area is 292 Å². The number of hydrogen-bond donors (Lipinski definition) is 1. The lowest BCUT2D eigenvalue weighted by atomic mass is 9.84. The van der Waals surface area contributed by atoms with E-state index in [0.717, 1.165) is 48.9 Å². The van der Waals surface area contributed by atoms with Gasteiger partial charge in [-0.05, 0) is 59.3 Å². The zero-order valence-electron chi connectivity index (χ0n) is 29.0. The maximum Gasteiger partial charge on any atom is 0.347 e. The van der Waals surface area contributed by atoms with Crippen molar-refractivity contribution in [2.75, 3.05) is 0 Å². The smallest absolute Gasteiger partial charge is 0.268 e. The van der Waals surface area contributed by atoms with Gasteiger partial charge in [0.15, 0.2) is 11.0 Å². The molecule has 0 atom stereocenters. The van der Waals surface area contributed by atoms with E-state index in [1.165, 1.54) is 0 Å². The van der Waals surface area contributed by atoms with Crippen LogP contribution in [-0.4, -0.2) is 28.7 Å². The molecular weight excluding hydrogens is 657 g/mol. The molecule has 0 saturated heterocycles. The van der Waals surface area contributed by atoms with Crippen molar-refractivity contribution in [1.82, 2.24) is 14.4 Å². The molecule has 9 heteroatoms. The molecule has 0 unspecified atom stereocenters. The summed E-state index contributed by atoms with van der Waals surface area (Å²) < 4.78 is 32.2. The molecule has 1 N–H and O–H groups in total. The molecule has 0 aliphatic carbocycles. The van der Waals surface area contributed by atoms with Crippen molar-refractivity contribution in [3.8, 4) is 11.4 Å². The van der Waals surface area contributed by atoms with Crippen LogP contribution < -0.4 is 10.1 Å². The molecule has 250 valence electrons. The minimum Gasteiger partial charge on any atom is -0.268 e. The van der Waals surface area contributed by atoms with Gasteiger partial charge >= 0.3 is 5.91 Å². The second-order valence-electron chi connectivity index (χ2n) is 12.1. The summed E-state index contributed by atoms with van der Waals surface area (Å²) in [7, 11) is -4.07. The van der Waals surface area contributed by atoms with E-state index in [1.54, 1.807) is 21.1 Å². The summed E-state index contributed by atoms with van der Waals surface area (Å²) in [6.45, 7) is 12.0. The third-order valence-electron chi connectivity index (χ3n) is 10.2. The number of benzene rings is 7. The number of carbonyl (C=O) groups is 1. The van der Waals surface area contributed by atoms with Crippen molar-refractivity contribution < 1.29 is 17.8 Å². The van der Waals surface area contributed by atoms with Gasteiger partial charge in [-0.3, -0.25) is 9.20 Å². The summed E-state index contributed by atoms with van der Waals surface area (Å²) in [5.41, 5.74) is 4.35. The Balaban J connectivity index is 0.000000554. The SMILES string of the molecule is CC.CC.CC.O=C1c2cc3c4c5c(cc6c(=O)n7c8ccccc8nc7c7ccc(c8ccc(c2c84)-c2[nH]c4ccccc4[n+]21)c5c67)S3(=O)=O. The summed E-state index contributed by atoms with van der Waals surface area (Å²) in [6.07, 6.45) is 0. The number of H-pyrrole nitrogens is 1. The fourth-order valence-electron chi connectivity index (χ4n) is 8.42. The van der Waals surface area contributed by atoms with Crippen molar-refractivity contribution in [2.24, 2.45) is 0 Å². The van der Waals surface area contributed by atoms with Gasteiger partial charge in [0, 0.05) is 37.7 Å². The van der Waals surface area contributed by atoms with Crippen LogP contribution in [0.1, 0.15) is 51.9 Å². The molecule has 8 nitrogen and oxygen atoms in total. The van der Waals surface area contributed by atoms with E-state index in [-0.39, 0.29) is 21.3 Å². The number of pyridine rings is 1. The molecule has 2 aliphatic rings. The zero-order chi connectivity index (χ0) is 35.7. The first kappa shape index (κ1) is 31.1. The molecule has 7 aromatic carbocycles. The molecule has 3 aromatic heterocycles. The Hall–Kier alpha value is -5.93. The van der Waals surface area contributed by atoms with Crippen molar-refractivity contribution >= 4 is 97.3 Å². The average Bonchev–Trinajstić information content (AvgIpc) is 3.83. The average molecular weight is 690 g/mol. The van der Waals surface area contributed by atoms with Crippen LogP contribution in [0, 0.1) is 0 Å². The fourth-order valence-corrected chi connectivity index (χ4v) is 10.1. The van der Waals surface area contributed by atoms with E-state index in [1.807, 2.05) is 114 Å². The normalized spacial score (nSPS) is 13.7. The lowest BCUT2D eigenvalue weighted by Crippen LogP contribution is -2.46. The number of aromatic nitrogens is 4. The van der Waals surface area contributed by atoms with Crippen LogP contribution >= 0.6 is 0 Å². The van der Waals surface area contributed by atoms with Gasteiger partial charge in [-0.2, -0.15) is 4.57 Å². The standard InChI is InChI=1S/C36H14N4O4S.3C2H6/c41-35-19-13-25-31-29-15(9-11-17(27(19)29)33-37-21-5-1-3-7-23(21)39(33)35)16-10-12-18-28-20(14-26(45(25,43)44)32(31)30(16)28)36(42)40-24-8-4-2-6-22(24)38-34(18)40;3*1-2/h1-14H;3*1-2H3/p+1. The highest BCUT2D eigenvalue weighted by atomic mass is 32.2. The van der Waals surface area contributed by atoms with E-state index < -0.39 is 9.84 Å². The monoisotopic (exact) mass is 689 g/mol. The maximum absolute atomic E-state index is 14.5. The van der Waals surface area contributed by atoms with Crippen LogP contribution in [0.15, 0.2) is 99.5 Å². The number of nitrogens with zero attached hydrogens (tertiary/aromatic N) is 3. The lowest BCUT2D eigenvalue weighted by molar-refractivity contribution is -0.530. The van der Waals surface area contributed by atoms with E-state index >= 15 is 0 Å². The van der Waals surface area contributed by atoms with Gasteiger partial charge < -0.3 is 0 Å². The molecule has 5 heterocycles. The number of nitrogens with one attached hydrogen (secondary N) is 1. The van der Waals surface area contributed by atoms with Crippen LogP contribution in [0.5, 0.6) is 0 Å². The van der Waals surface area contributed by atoms with E-state index in [0.29, 0.717) is 49.6 Å². The predicted octanol–water partition coefficient (Wildman–Crippen LogP) is 9.15. The molecule has 2 aliphatic heterocycles. The molecule has 0 saturated carbocycles. The van der Waals surface area contributed by atoms with Crippen LogP contribution in [0.25, 0.3) is 93.0 Å². The van der Waals surface area contributed by atoms with Gasteiger partial charge in [0.05, 0.1) is 37.3 Å². The van der Waals surface area contributed by atoms with Gasteiger partial charge in [-0.25, -0.2) is 23.2 Å². The minimum atomic E-state index is -4.07. The number of sulfone groups is 1. The molecule has 10 aromatic rings. The fraction of sp³-hybridized carbons (Fsp3) is 0.143. The van der Waals surface area contributed by atoms with Gasteiger partial charge in [-0.1, -0.05) is 77.9 Å². The summed E-state index contributed by atoms with van der Waals surface area (Å²) in [6, 6.07) is 26.2. The molecular formula is C42H33N4O4S+. The third kappa shape index (κ3) is 3.46. The Morgan fingerprint density at radius 3 is 2.02 bits per heavy atom. The van der Waals surface area contributed by atoms with Crippen molar-refractivity contribution in [3.63, 3.8) is 0 Å². The van der Waals surface area contributed by atoms with Gasteiger partial charge in [0.1, 0.15) is 5.65 Å². The van der Waals surface area contributed by atoms with E-state index in [2.05, 4.69) is 4.98 Å². The predicted molar refractivity (Wildman–Crippen MR) is 206 cm³/mol. The lowest BCUT2D eigenvalue weighted by Gasteiger charge is -2.19. The highest BCUT2D eigenvalue weighted by Gasteiger charge is 2.42. The summed E-state index contributed by atoms with van der Waals surface area (Å²) in [5, 5.41) is 6.97. The molecule has 0 fully saturated rings. The molecule has 0 amide bonds. The Morgan fingerprint density at radius 2 is 1.25 bits per heavy atom. The van der Waals surface area contributed by atoms with Crippen molar-refractivity contribution in [1.29, 1.82) is 0 Å². The van der Waals surface area contributed by atoms with Gasteiger partial charge in [0.25, 0.3) is 11.4 Å². The minimum absolute atomic E-state index is 0.109. The number of rotatable bonds is 0. The first-order chi connectivity index (χ1) is 24.9. The Morgan fingerprint density at radius 1 is 0.627 bits per heavy atom. The van der Waals surface area contributed by atoms with Crippen LogP contribution in [-0.2, 0) is 9.84 Å². The summed E-state index contributed by atoms with van der Waals surface area (Å²) in [4.78, 5) is 37.0. The molecule has 0 spiro atoms. The molecule has 0 radical (unpaired) electrons. The first-order valence-corrected chi connectivity index (χ1v) is 19.1. The van der Waals surface area contributed by atoms with Crippen LogP contribution in [0.3, 0.4) is 0 Å². The largest absolute Gasteiger partial charge is 0.347 e. The number of aromatic amines is 1.